The predicted molar refractivity (Wildman–Crippen MR) is 82.9 cm³/mol. The van der Waals surface area contributed by atoms with E-state index in [1.54, 1.807) is 7.11 Å². The average Bonchev–Trinajstić information content (AvgIpc) is 3.01. The molecule has 1 aliphatic heterocycles. The van der Waals surface area contributed by atoms with Crippen molar-refractivity contribution in [2.24, 2.45) is 0 Å². The lowest BCUT2D eigenvalue weighted by Gasteiger charge is -2.16. The van der Waals surface area contributed by atoms with Gasteiger partial charge in [0.25, 0.3) is 0 Å². The molecule has 1 aliphatic rings. The highest BCUT2D eigenvalue weighted by Gasteiger charge is 2.13. The van der Waals surface area contributed by atoms with Crippen LogP contribution in [0.4, 0.5) is 0 Å². The first kappa shape index (κ1) is 13.2. The molecule has 20 heavy (non-hydrogen) atoms. The SMILES string of the molecule is COc1ccc(CN2CCCC2)cc1-c1ccccc1. The van der Waals surface area contributed by atoms with Crippen LogP contribution in [0.25, 0.3) is 11.1 Å². The van der Waals surface area contributed by atoms with Crippen LogP contribution >= 0.6 is 0 Å². The summed E-state index contributed by atoms with van der Waals surface area (Å²) >= 11 is 0. The number of ether oxygens (including phenoxy) is 1. The maximum atomic E-state index is 5.51. The summed E-state index contributed by atoms with van der Waals surface area (Å²) in [6, 6.07) is 17.0. The molecule has 3 rings (SSSR count). The molecule has 0 saturated carbocycles. The molecule has 2 nitrogen and oxygen atoms in total. The van der Waals surface area contributed by atoms with E-state index in [-0.39, 0.29) is 0 Å². The molecule has 0 bridgehead atoms. The monoisotopic (exact) mass is 267 g/mol. The van der Waals surface area contributed by atoms with Gasteiger partial charge in [-0.05, 0) is 49.2 Å². The zero-order valence-electron chi connectivity index (χ0n) is 12.0. The molecule has 0 spiro atoms. The topological polar surface area (TPSA) is 12.5 Å². The molecule has 2 heteroatoms. The van der Waals surface area contributed by atoms with E-state index >= 15 is 0 Å². The number of likely N-dealkylation sites (tertiary alicyclic amines) is 1. The van der Waals surface area contributed by atoms with E-state index in [4.69, 9.17) is 4.74 Å². The van der Waals surface area contributed by atoms with Crippen LogP contribution in [0.15, 0.2) is 48.5 Å². The van der Waals surface area contributed by atoms with Crippen molar-refractivity contribution in [3.8, 4) is 16.9 Å². The van der Waals surface area contributed by atoms with E-state index in [9.17, 15) is 0 Å². The number of hydrogen-bond donors (Lipinski definition) is 0. The first-order valence-electron chi connectivity index (χ1n) is 7.31. The second kappa shape index (κ2) is 6.10. The van der Waals surface area contributed by atoms with E-state index in [0.717, 1.165) is 12.3 Å². The van der Waals surface area contributed by atoms with Gasteiger partial charge in [-0.25, -0.2) is 0 Å². The molecular weight excluding hydrogens is 246 g/mol. The van der Waals surface area contributed by atoms with E-state index in [2.05, 4.69) is 47.4 Å². The number of methoxy groups -OCH3 is 1. The molecule has 0 amide bonds. The van der Waals surface area contributed by atoms with Gasteiger partial charge in [0, 0.05) is 12.1 Å². The molecule has 0 unspecified atom stereocenters. The van der Waals surface area contributed by atoms with Gasteiger partial charge in [-0.2, -0.15) is 0 Å². The molecule has 2 aromatic rings. The minimum Gasteiger partial charge on any atom is -0.496 e. The lowest BCUT2D eigenvalue weighted by Crippen LogP contribution is -2.18. The van der Waals surface area contributed by atoms with Gasteiger partial charge in [0.2, 0.25) is 0 Å². The van der Waals surface area contributed by atoms with Crippen LogP contribution in [-0.2, 0) is 6.54 Å². The van der Waals surface area contributed by atoms with Crippen molar-refractivity contribution >= 4 is 0 Å². The summed E-state index contributed by atoms with van der Waals surface area (Å²) in [5, 5.41) is 0. The first-order valence-corrected chi connectivity index (χ1v) is 7.31. The van der Waals surface area contributed by atoms with Gasteiger partial charge in [0.15, 0.2) is 0 Å². The standard InChI is InChI=1S/C18H21NO/c1-20-18-10-9-15(14-19-11-5-6-12-19)13-17(18)16-7-3-2-4-8-16/h2-4,7-10,13H,5-6,11-12,14H2,1H3. The van der Waals surface area contributed by atoms with Crippen LogP contribution in [0.1, 0.15) is 18.4 Å². The number of hydrogen-bond acceptors (Lipinski definition) is 2. The van der Waals surface area contributed by atoms with Crippen molar-refractivity contribution in [3.63, 3.8) is 0 Å². The summed E-state index contributed by atoms with van der Waals surface area (Å²) in [5.74, 6) is 0.946. The van der Waals surface area contributed by atoms with Crippen molar-refractivity contribution in [3.05, 3.63) is 54.1 Å². The highest BCUT2D eigenvalue weighted by Crippen LogP contribution is 2.31. The number of rotatable bonds is 4. The lowest BCUT2D eigenvalue weighted by molar-refractivity contribution is 0.331. The first-order chi connectivity index (χ1) is 9.86. The fourth-order valence-electron chi connectivity index (χ4n) is 2.90. The fourth-order valence-corrected chi connectivity index (χ4v) is 2.90. The lowest BCUT2D eigenvalue weighted by atomic mass is 10.0. The Morgan fingerprint density at radius 3 is 2.45 bits per heavy atom. The highest BCUT2D eigenvalue weighted by atomic mass is 16.5. The fraction of sp³-hybridized carbons (Fsp3) is 0.333. The Morgan fingerprint density at radius 1 is 1.00 bits per heavy atom. The minimum atomic E-state index is 0.946. The van der Waals surface area contributed by atoms with Crippen LogP contribution < -0.4 is 4.74 Å². The third-order valence-corrected chi connectivity index (χ3v) is 3.95. The van der Waals surface area contributed by atoms with E-state index in [0.29, 0.717) is 0 Å². The Hall–Kier alpha value is -1.80. The van der Waals surface area contributed by atoms with Gasteiger partial charge in [-0.1, -0.05) is 36.4 Å². The Kier molecular flexibility index (Phi) is 4.03. The summed E-state index contributed by atoms with van der Waals surface area (Å²) < 4.78 is 5.51. The zero-order valence-corrected chi connectivity index (χ0v) is 12.0. The molecule has 1 fully saturated rings. The van der Waals surface area contributed by atoms with Gasteiger partial charge in [-0.3, -0.25) is 4.90 Å². The van der Waals surface area contributed by atoms with Crippen molar-refractivity contribution in [2.75, 3.05) is 20.2 Å². The van der Waals surface area contributed by atoms with Crippen LogP contribution in [0.3, 0.4) is 0 Å². The van der Waals surface area contributed by atoms with E-state index in [1.165, 1.54) is 42.6 Å². The second-order valence-corrected chi connectivity index (χ2v) is 5.38. The predicted octanol–water partition coefficient (Wildman–Crippen LogP) is 3.96. The molecule has 0 aromatic heterocycles. The van der Waals surface area contributed by atoms with Gasteiger partial charge >= 0.3 is 0 Å². The van der Waals surface area contributed by atoms with Crippen molar-refractivity contribution in [1.82, 2.24) is 4.90 Å². The van der Waals surface area contributed by atoms with Gasteiger partial charge in [0.05, 0.1) is 7.11 Å². The molecule has 1 saturated heterocycles. The summed E-state index contributed by atoms with van der Waals surface area (Å²) in [6.45, 7) is 3.50. The zero-order chi connectivity index (χ0) is 13.8. The number of nitrogens with zero attached hydrogens (tertiary/aromatic N) is 1. The normalized spacial score (nSPS) is 15.4. The maximum Gasteiger partial charge on any atom is 0.126 e. The summed E-state index contributed by atoms with van der Waals surface area (Å²) in [6.07, 6.45) is 2.67. The van der Waals surface area contributed by atoms with Crippen LogP contribution in [0.2, 0.25) is 0 Å². The van der Waals surface area contributed by atoms with E-state index < -0.39 is 0 Å². The molecule has 0 radical (unpaired) electrons. The molecule has 2 aromatic carbocycles. The van der Waals surface area contributed by atoms with Gasteiger partial charge in [-0.15, -0.1) is 0 Å². The van der Waals surface area contributed by atoms with Crippen molar-refractivity contribution in [2.45, 2.75) is 19.4 Å². The van der Waals surface area contributed by atoms with Gasteiger partial charge in [0.1, 0.15) is 5.75 Å². The quantitative estimate of drug-likeness (QED) is 0.831. The van der Waals surface area contributed by atoms with Crippen LogP contribution in [0.5, 0.6) is 5.75 Å². The third kappa shape index (κ3) is 2.86. The summed E-state index contributed by atoms with van der Waals surface area (Å²) in [7, 11) is 1.74. The molecule has 104 valence electrons. The Bertz CT molecular complexity index is 559. The molecule has 0 atom stereocenters. The van der Waals surface area contributed by atoms with Crippen molar-refractivity contribution < 1.29 is 4.74 Å². The molecule has 0 N–H and O–H groups in total. The summed E-state index contributed by atoms with van der Waals surface area (Å²) in [4.78, 5) is 2.52. The Morgan fingerprint density at radius 2 is 1.75 bits per heavy atom. The second-order valence-electron chi connectivity index (χ2n) is 5.38. The molecular formula is C18H21NO. The van der Waals surface area contributed by atoms with Crippen LogP contribution in [0, 0.1) is 0 Å². The molecule has 1 heterocycles. The van der Waals surface area contributed by atoms with Gasteiger partial charge < -0.3 is 4.74 Å². The largest absolute Gasteiger partial charge is 0.496 e. The van der Waals surface area contributed by atoms with Crippen molar-refractivity contribution in [1.29, 1.82) is 0 Å². The van der Waals surface area contributed by atoms with E-state index in [1.807, 2.05) is 6.07 Å². The molecule has 0 aliphatic carbocycles. The minimum absolute atomic E-state index is 0.946. The maximum absolute atomic E-state index is 5.51. The summed E-state index contributed by atoms with van der Waals surface area (Å²) in [5.41, 5.74) is 3.77. The highest BCUT2D eigenvalue weighted by molar-refractivity contribution is 5.71. The average molecular weight is 267 g/mol. The number of benzene rings is 2. The Balaban J connectivity index is 1.90. The smallest absolute Gasteiger partial charge is 0.126 e. The Labute approximate surface area is 121 Å². The van der Waals surface area contributed by atoms with Crippen LogP contribution in [-0.4, -0.2) is 25.1 Å². The third-order valence-electron chi connectivity index (χ3n) is 3.95.